The first-order chi connectivity index (χ1) is 9.47. The van der Waals surface area contributed by atoms with Gasteiger partial charge >= 0.3 is 0 Å². The van der Waals surface area contributed by atoms with Gasteiger partial charge in [0.1, 0.15) is 11.6 Å². The van der Waals surface area contributed by atoms with Crippen molar-refractivity contribution in [3.8, 4) is 0 Å². The van der Waals surface area contributed by atoms with Crippen LogP contribution in [0, 0.1) is 23.3 Å². The molecule has 0 fully saturated rings. The van der Waals surface area contributed by atoms with E-state index in [0.29, 0.717) is 11.6 Å². The predicted molar refractivity (Wildman–Crippen MR) is 68.0 cm³/mol. The summed E-state index contributed by atoms with van der Waals surface area (Å²) in [5, 5.41) is 2.93. The summed E-state index contributed by atoms with van der Waals surface area (Å²) in [6.07, 6.45) is 0. The Morgan fingerprint density at radius 1 is 0.950 bits per heavy atom. The molecule has 0 aliphatic carbocycles. The number of hydrogen-bond donors (Lipinski definition) is 1. The normalized spacial score (nSPS) is 12.4. The Morgan fingerprint density at radius 3 is 2.35 bits per heavy atom. The third-order valence-electron chi connectivity index (χ3n) is 3.04. The van der Waals surface area contributed by atoms with Crippen LogP contribution in [0.5, 0.6) is 0 Å². The van der Waals surface area contributed by atoms with Gasteiger partial charge in [0, 0.05) is 24.2 Å². The molecule has 0 saturated carbocycles. The highest BCUT2D eigenvalue weighted by Crippen LogP contribution is 2.17. The van der Waals surface area contributed by atoms with Crippen LogP contribution in [-0.4, -0.2) is 0 Å². The second-order valence-electron chi connectivity index (χ2n) is 4.52. The van der Waals surface area contributed by atoms with Crippen LogP contribution in [0.15, 0.2) is 36.4 Å². The number of rotatable bonds is 4. The molecule has 2 aromatic rings. The smallest absolute Gasteiger partial charge is 0.161 e. The number of benzene rings is 2. The Morgan fingerprint density at radius 2 is 1.65 bits per heavy atom. The van der Waals surface area contributed by atoms with Gasteiger partial charge in [-0.25, -0.2) is 17.6 Å². The van der Waals surface area contributed by atoms with Gasteiger partial charge in [-0.2, -0.15) is 0 Å². The van der Waals surface area contributed by atoms with E-state index in [9.17, 15) is 17.6 Å². The lowest BCUT2D eigenvalue weighted by Crippen LogP contribution is -2.19. The highest BCUT2D eigenvalue weighted by molar-refractivity contribution is 5.22. The third kappa shape index (κ3) is 3.36. The molecule has 0 bridgehead atoms. The van der Waals surface area contributed by atoms with Crippen LogP contribution in [0.4, 0.5) is 17.6 Å². The minimum Gasteiger partial charge on any atom is -0.306 e. The minimum absolute atomic E-state index is 0.0146. The first-order valence-electron chi connectivity index (χ1n) is 6.09. The maximum atomic E-state index is 13.4. The summed E-state index contributed by atoms with van der Waals surface area (Å²) in [6.45, 7) is 1.78. The molecular weight excluding hydrogens is 270 g/mol. The van der Waals surface area contributed by atoms with Crippen molar-refractivity contribution < 1.29 is 17.6 Å². The van der Waals surface area contributed by atoms with Crippen LogP contribution in [0.25, 0.3) is 0 Å². The fourth-order valence-corrected chi connectivity index (χ4v) is 1.86. The monoisotopic (exact) mass is 283 g/mol. The van der Waals surface area contributed by atoms with Crippen molar-refractivity contribution in [2.24, 2.45) is 0 Å². The fourth-order valence-electron chi connectivity index (χ4n) is 1.86. The van der Waals surface area contributed by atoms with E-state index in [1.54, 1.807) is 19.1 Å². The van der Waals surface area contributed by atoms with E-state index in [-0.39, 0.29) is 24.0 Å². The van der Waals surface area contributed by atoms with Gasteiger partial charge in [-0.05, 0) is 30.7 Å². The van der Waals surface area contributed by atoms with Crippen molar-refractivity contribution in [3.05, 3.63) is 70.8 Å². The first kappa shape index (κ1) is 14.5. The topological polar surface area (TPSA) is 12.0 Å². The first-order valence-corrected chi connectivity index (χ1v) is 6.09. The third-order valence-corrected chi connectivity index (χ3v) is 3.04. The summed E-state index contributed by atoms with van der Waals surface area (Å²) >= 11 is 0. The van der Waals surface area contributed by atoms with E-state index >= 15 is 0 Å². The molecule has 0 heterocycles. The second kappa shape index (κ2) is 6.05. The van der Waals surface area contributed by atoms with Gasteiger partial charge in [0.2, 0.25) is 0 Å². The molecule has 106 valence electrons. The Hall–Kier alpha value is -1.88. The van der Waals surface area contributed by atoms with E-state index in [1.807, 2.05) is 0 Å². The molecule has 0 saturated heterocycles. The lowest BCUT2D eigenvalue weighted by atomic mass is 10.1. The Balaban J connectivity index is 2.07. The van der Waals surface area contributed by atoms with Crippen molar-refractivity contribution in [2.45, 2.75) is 19.5 Å². The molecule has 0 aliphatic rings. The van der Waals surface area contributed by atoms with Gasteiger partial charge in [0.05, 0.1) is 0 Å². The van der Waals surface area contributed by atoms with Crippen molar-refractivity contribution in [1.29, 1.82) is 0 Å². The lowest BCUT2D eigenvalue weighted by Gasteiger charge is -2.15. The van der Waals surface area contributed by atoms with Crippen LogP contribution in [-0.2, 0) is 6.54 Å². The molecule has 20 heavy (non-hydrogen) atoms. The Bertz CT molecular complexity index is 613. The molecule has 0 aromatic heterocycles. The molecule has 2 rings (SSSR count). The molecule has 0 amide bonds. The van der Waals surface area contributed by atoms with Crippen LogP contribution in [0.1, 0.15) is 24.1 Å². The van der Waals surface area contributed by atoms with Gasteiger partial charge in [-0.3, -0.25) is 0 Å². The van der Waals surface area contributed by atoms with Crippen molar-refractivity contribution in [1.82, 2.24) is 5.32 Å². The van der Waals surface area contributed by atoms with E-state index in [2.05, 4.69) is 5.32 Å². The summed E-state index contributed by atoms with van der Waals surface area (Å²) in [6, 6.07) is 7.06. The van der Waals surface area contributed by atoms with Gasteiger partial charge in [0.15, 0.2) is 11.6 Å². The zero-order valence-corrected chi connectivity index (χ0v) is 10.8. The molecular formula is C15H13F4N. The molecule has 2 aromatic carbocycles. The zero-order valence-electron chi connectivity index (χ0n) is 10.8. The SMILES string of the molecule is C[C@H](NCc1cc(F)c(F)cc1F)c1cccc(F)c1. The van der Waals surface area contributed by atoms with Crippen molar-refractivity contribution in [2.75, 3.05) is 0 Å². The average Bonchev–Trinajstić information content (AvgIpc) is 2.41. The van der Waals surface area contributed by atoms with Crippen molar-refractivity contribution in [3.63, 3.8) is 0 Å². The van der Waals surface area contributed by atoms with Crippen molar-refractivity contribution >= 4 is 0 Å². The molecule has 0 spiro atoms. The van der Waals surface area contributed by atoms with Gasteiger partial charge < -0.3 is 5.32 Å². The predicted octanol–water partition coefficient (Wildman–Crippen LogP) is 4.09. The highest BCUT2D eigenvalue weighted by atomic mass is 19.2. The highest BCUT2D eigenvalue weighted by Gasteiger charge is 2.11. The summed E-state index contributed by atoms with van der Waals surface area (Å²) in [7, 11) is 0. The van der Waals surface area contributed by atoms with E-state index in [4.69, 9.17) is 0 Å². The van der Waals surface area contributed by atoms with Crippen LogP contribution in [0.2, 0.25) is 0 Å². The van der Waals surface area contributed by atoms with E-state index < -0.39 is 17.5 Å². The Kier molecular flexibility index (Phi) is 4.39. The summed E-state index contributed by atoms with van der Waals surface area (Å²) in [5.41, 5.74) is 0.708. The van der Waals surface area contributed by atoms with E-state index in [0.717, 1.165) is 6.07 Å². The van der Waals surface area contributed by atoms with Crippen LogP contribution >= 0.6 is 0 Å². The largest absolute Gasteiger partial charge is 0.306 e. The van der Waals surface area contributed by atoms with Gasteiger partial charge in [-0.15, -0.1) is 0 Å². The molecule has 1 N–H and O–H groups in total. The molecule has 0 radical (unpaired) electrons. The number of halogens is 4. The fraction of sp³-hybridized carbons (Fsp3) is 0.200. The van der Waals surface area contributed by atoms with Crippen LogP contribution < -0.4 is 5.32 Å². The molecule has 1 nitrogen and oxygen atoms in total. The summed E-state index contributed by atoms with van der Waals surface area (Å²) in [4.78, 5) is 0. The van der Waals surface area contributed by atoms with E-state index in [1.165, 1.54) is 12.1 Å². The minimum atomic E-state index is -1.22. The summed E-state index contributed by atoms with van der Waals surface area (Å²) < 4.78 is 52.3. The second-order valence-corrected chi connectivity index (χ2v) is 4.52. The number of hydrogen-bond acceptors (Lipinski definition) is 1. The quantitative estimate of drug-likeness (QED) is 0.658. The summed E-state index contributed by atoms with van der Waals surface area (Å²) in [5.74, 6) is -3.50. The number of nitrogens with one attached hydrogen (secondary N) is 1. The maximum absolute atomic E-state index is 13.4. The zero-order chi connectivity index (χ0) is 14.7. The lowest BCUT2D eigenvalue weighted by molar-refractivity contribution is 0.482. The standard InChI is InChI=1S/C15H13F4N/c1-9(10-3-2-4-12(16)5-10)20-8-11-6-14(18)15(19)7-13(11)17/h2-7,9,20H,8H2,1H3/t9-/m0/s1. The molecule has 1 atom stereocenters. The average molecular weight is 283 g/mol. The molecule has 0 unspecified atom stereocenters. The van der Waals surface area contributed by atoms with Gasteiger partial charge in [0.25, 0.3) is 0 Å². The molecule has 5 heteroatoms. The van der Waals surface area contributed by atoms with Crippen LogP contribution in [0.3, 0.4) is 0 Å². The maximum Gasteiger partial charge on any atom is 0.161 e. The Labute approximate surface area is 114 Å². The molecule has 0 aliphatic heterocycles. The van der Waals surface area contributed by atoms with Gasteiger partial charge in [-0.1, -0.05) is 12.1 Å².